The molecule has 2 aromatic carbocycles. The van der Waals surface area contributed by atoms with Crippen LogP contribution in [-0.2, 0) is 17.8 Å². The number of ether oxygens (including phenoxy) is 1. The van der Waals surface area contributed by atoms with Gasteiger partial charge in [-0.15, -0.1) is 11.3 Å². The molecule has 2 heterocycles. The number of aromatic nitrogens is 2. The van der Waals surface area contributed by atoms with Crippen LogP contribution in [0.25, 0.3) is 21.3 Å². The van der Waals surface area contributed by atoms with Gasteiger partial charge in [0.05, 0.1) is 12.5 Å². The Morgan fingerprint density at radius 2 is 1.87 bits per heavy atom. The maximum Gasteiger partial charge on any atom is 0.303 e. The third kappa shape index (κ3) is 4.51. The molecule has 4 aromatic rings. The van der Waals surface area contributed by atoms with Gasteiger partial charge in [-0.25, -0.2) is 4.98 Å². The molecule has 6 nitrogen and oxygen atoms in total. The number of fused-ring (bicyclic) bond motifs is 1. The summed E-state index contributed by atoms with van der Waals surface area (Å²) in [6.07, 6.45) is 0.839. The Morgan fingerprint density at radius 1 is 1.13 bits per heavy atom. The molecule has 0 aliphatic carbocycles. The van der Waals surface area contributed by atoms with Gasteiger partial charge in [0.2, 0.25) is 0 Å². The molecule has 0 radical (unpaired) electrons. The standard InChI is InChI=1S/C24H22N2O4S/c1-30-18-11-9-16(10-12-18)14-20-25-23-22(24(29)26(20)13-5-8-21(27)28)19(15-31-23)17-6-3-2-4-7-17/h2-4,6-7,9-12,15H,5,8,13-14H2,1H3,(H,27,28). The van der Waals surface area contributed by atoms with Gasteiger partial charge in [-0.1, -0.05) is 42.5 Å². The smallest absolute Gasteiger partial charge is 0.303 e. The van der Waals surface area contributed by atoms with Crippen molar-refractivity contribution in [2.24, 2.45) is 0 Å². The van der Waals surface area contributed by atoms with E-state index >= 15 is 0 Å². The Bertz CT molecular complexity index is 1260. The van der Waals surface area contributed by atoms with Crippen LogP contribution in [0.1, 0.15) is 24.2 Å². The van der Waals surface area contributed by atoms with Crippen LogP contribution in [0.3, 0.4) is 0 Å². The molecule has 0 saturated heterocycles. The topological polar surface area (TPSA) is 81.4 Å². The lowest BCUT2D eigenvalue weighted by Gasteiger charge is -2.13. The molecule has 31 heavy (non-hydrogen) atoms. The van der Waals surface area contributed by atoms with Crippen LogP contribution in [0.2, 0.25) is 0 Å². The van der Waals surface area contributed by atoms with E-state index in [4.69, 9.17) is 14.8 Å². The first-order valence-electron chi connectivity index (χ1n) is 9.98. The van der Waals surface area contributed by atoms with E-state index in [9.17, 15) is 9.59 Å². The van der Waals surface area contributed by atoms with Crippen molar-refractivity contribution >= 4 is 27.5 Å². The first-order chi connectivity index (χ1) is 15.1. The molecule has 0 spiro atoms. The summed E-state index contributed by atoms with van der Waals surface area (Å²) in [4.78, 5) is 30.1. The maximum atomic E-state index is 13.5. The molecule has 4 rings (SSSR count). The minimum atomic E-state index is -0.876. The lowest BCUT2D eigenvalue weighted by atomic mass is 10.1. The molecule has 158 valence electrons. The van der Waals surface area contributed by atoms with Crippen molar-refractivity contribution in [3.8, 4) is 16.9 Å². The van der Waals surface area contributed by atoms with Crippen molar-refractivity contribution in [2.75, 3.05) is 7.11 Å². The summed E-state index contributed by atoms with van der Waals surface area (Å²) >= 11 is 1.45. The molecular weight excluding hydrogens is 412 g/mol. The van der Waals surface area contributed by atoms with Crippen molar-refractivity contribution in [2.45, 2.75) is 25.8 Å². The zero-order valence-electron chi connectivity index (χ0n) is 17.1. The molecule has 0 aliphatic rings. The van der Waals surface area contributed by atoms with Crippen molar-refractivity contribution in [3.05, 3.63) is 81.7 Å². The predicted molar refractivity (Wildman–Crippen MR) is 122 cm³/mol. The van der Waals surface area contributed by atoms with E-state index in [-0.39, 0.29) is 12.0 Å². The number of rotatable bonds is 8. The van der Waals surface area contributed by atoms with E-state index in [0.717, 1.165) is 22.4 Å². The van der Waals surface area contributed by atoms with E-state index in [1.165, 1.54) is 11.3 Å². The van der Waals surface area contributed by atoms with Crippen LogP contribution in [0.4, 0.5) is 0 Å². The fourth-order valence-electron chi connectivity index (χ4n) is 3.58. The fourth-order valence-corrected chi connectivity index (χ4v) is 4.53. The van der Waals surface area contributed by atoms with Gasteiger partial charge in [0, 0.05) is 30.3 Å². The second-order valence-corrected chi connectivity index (χ2v) is 8.06. The molecule has 0 fully saturated rings. The summed E-state index contributed by atoms with van der Waals surface area (Å²) in [6, 6.07) is 17.4. The Labute approximate surface area is 183 Å². The van der Waals surface area contributed by atoms with Crippen LogP contribution in [0.15, 0.2) is 64.8 Å². The van der Waals surface area contributed by atoms with Gasteiger partial charge in [-0.2, -0.15) is 0 Å². The lowest BCUT2D eigenvalue weighted by molar-refractivity contribution is -0.137. The number of hydrogen-bond donors (Lipinski definition) is 1. The average Bonchev–Trinajstić information content (AvgIpc) is 3.21. The summed E-state index contributed by atoms with van der Waals surface area (Å²) in [5.74, 6) is 0.519. The molecule has 0 amide bonds. The highest BCUT2D eigenvalue weighted by atomic mass is 32.1. The van der Waals surface area contributed by atoms with E-state index in [1.807, 2.05) is 60.0 Å². The highest BCUT2D eigenvalue weighted by Gasteiger charge is 2.17. The number of thiophene rings is 1. The van der Waals surface area contributed by atoms with Gasteiger partial charge in [0.1, 0.15) is 16.4 Å². The van der Waals surface area contributed by atoms with Crippen LogP contribution in [0, 0.1) is 0 Å². The third-order valence-corrected chi connectivity index (χ3v) is 6.02. The average molecular weight is 435 g/mol. The molecular formula is C24H22N2O4S. The van der Waals surface area contributed by atoms with Crippen molar-refractivity contribution in [3.63, 3.8) is 0 Å². The van der Waals surface area contributed by atoms with Crippen molar-refractivity contribution in [1.82, 2.24) is 9.55 Å². The number of aliphatic carboxylic acids is 1. The molecule has 0 aliphatic heterocycles. The van der Waals surface area contributed by atoms with Crippen LogP contribution in [0.5, 0.6) is 5.75 Å². The Morgan fingerprint density at radius 3 is 2.55 bits per heavy atom. The zero-order valence-corrected chi connectivity index (χ0v) is 17.9. The minimum Gasteiger partial charge on any atom is -0.497 e. The number of benzene rings is 2. The number of nitrogens with zero attached hydrogens (tertiary/aromatic N) is 2. The van der Waals surface area contributed by atoms with Crippen molar-refractivity contribution < 1.29 is 14.6 Å². The van der Waals surface area contributed by atoms with E-state index < -0.39 is 5.97 Å². The second-order valence-electron chi connectivity index (χ2n) is 7.20. The number of methoxy groups -OCH3 is 1. The Hall–Kier alpha value is -3.45. The Kier molecular flexibility index (Phi) is 6.13. The minimum absolute atomic E-state index is 0.00162. The third-order valence-electron chi connectivity index (χ3n) is 5.15. The van der Waals surface area contributed by atoms with Crippen LogP contribution < -0.4 is 10.3 Å². The molecule has 1 N–H and O–H groups in total. The number of hydrogen-bond acceptors (Lipinski definition) is 5. The van der Waals surface area contributed by atoms with Gasteiger partial charge < -0.3 is 9.84 Å². The molecule has 0 saturated carbocycles. The summed E-state index contributed by atoms with van der Waals surface area (Å²) in [5.41, 5.74) is 2.70. The van der Waals surface area contributed by atoms with Gasteiger partial charge in [0.25, 0.3) is 5.56 Å². The molecule has 0 atom stereocenters. The highest BCUT2D eigenvalue weighted by molar-refractivity contribution is 7.17. The van der Waals surface area contributed by atoms with E-state index in [1.54, 1.807) is 11.7 Å². The van der Waals surface area contributed by atoms with Crippen LogP contribution in [-0.4, -0.2) is 27.7 Å². The van der Waals surface area contributed by atoms with Gasteiger partial charge in [0.15, 0.2) is 0 Å². The summed E-state index contributed by atoms with van der Waals surface area (Å²) in [7, 11) is 1.62. The van der Waals surface area contributed by atoms with Crippen LogP contribution >= 0.6 is 11.3 Å². The van der Waals surface area contributed by atoms with Crippen molar-refractivity contribution in [1.29, 1.82) is 0 Å². The van der Waals surface area contributed by atoms with Gasteiger partial charge in [-0.3, -0.25) is 14.2 Å². The molecule has 0 bridgehead atoms. The first-order valence-corrected chi connectivity index (χ1v) is 10.9. The number of carboxylic acids is 1. The van der Waals surface area contributed by atoms with E-state index in [2.05, 4.69) is 0 Å². The number of carboxylic acid groups (broad SMARTS) is 1. The monoisotopic (exact) mass is 434 g/mol. The first kappa shape index (κ1) is 20.8. The maximum absolute atomic E-state index is 13.5. The largest absolute Gasteiger partial charge is 0.497 e. The normalized spacial score (nSPS) is 11.0. The second kappa shape index (κ2) is 9.14. The van der Waals surface area contributed by atoms with Gasteiger partial charge in [-0.05, 0) is 29.7 Å². The molecule has 7 heteroatoms. The lowest BCUT2D eigenvalue weighted by Crippen LogP contribution is -2.26. The quantitative estimate of drug-likeness (QED) is 0.439. The van der Waals surface area contributed by atoms with E-state index in [0.29, 0.717) is 35.4 Å². The SMILES string of the molecule is COc1ccc(Cc2nc3scc(-c4ccccc4)c3c(=O)n2CCCC(=O)O)cc1. The zero-order chi connectivity index (χ0) is 21.8. The molecule has 2 aromatic heterocycles. The highest BCUT2D eigenvalue weighted by Crippen LogP contribution is 2.31. The molecule has 0 unspecified atom stereocenters. The Balaban J connectivity index is 1.79. The summed E-state index contributed by atoms with van der Waals surface area (Å²) in [6.45, 7) is 0.309. The van der Waals surface area contributed by atoms with Gasteiger partial charge >= 0.3 is 5.97 Å². The number of carbonyl (C=O) groups is 1. The summed E-state index contributed by atoms with van der Waals surface area (Å²) in [5, 5.41) is 11.6. The fraction of sp³-hybridized carbons (Fsp3) is 0.208. The predicted octanol–water partition coefficient (Wildman–Crippen LogP) is 4.59. The summed E-state index contributed by atoms with van der Waals surface area (Å²) < 4.78 is 6.85.